The minimum Gasteiger partial charge on any atom is -0.411 e. The molecule has 32 heavy (non-hydrogen) atoms. The highest BCUT2D eigenvalue weighted by Crippen LogP contribution is 2.28. The lowest BCUT2D eigenvalue weighted by atomic mass is 10.2. The monoisotopic (exact) mass is 475 g/mol. The van der Waals surface area contributed by atoms with E-state index in [0.29, 0.717) is 11.6 Å². The lowest BCUT2D eigenvalue weighted by molar-refractivity contribution is -0.115. The van der Waals surface area contributed by atoms with Crippen molar-refractivity contribution in [3.63, 3.8) is 0 Å². The summed E-state index contributed by atoms with van der Waals surface area (Å²) in [6.45, 7) is 7.74. The van der Waals surface area contributed by atoms with Gasteiger partial charge in [-0.15, -0.1) is 10.2 Å². The average Bonchev–Trinajstić information content (AvgIpc) is 3.23. The quantitative estimate of drug-likeness (QED) is 0.450. The highest BCUT2D eigenvalue weighted by atomic mass is 32.2. The van der Waals surface area contributed by atoms with Crippen LogP contribution in [-0.4, -0.2) is 42.9 Å². The maximum absolute atomic E-state index is 12.5. The van der Waals surface area contributed by atoms with Crippen molar-refractivity contribution >= 4 is 39.1 Å². The zero-order valence-corrected chi connectivity index (χ0v) is 19.6. The topological polar surface area (TPSA) is 131 Å². The van der Waals surface area contributed by atoms with Crippen molar-refractivity contribution in [1.82, 2.24) is 10.2 Å². The molecule has 1 atom stereocenters. The van der Waals surface area contributed by atoms with Crippen LogP contribution >= 0.6 is 11.8 Å². The normalized spacial score (nSPS) is 12.4. The van der Waals surface area contributed by atoms with Crippen molar-refractivity contribution in [3.8, 4) is 11.5 Å². The number of nitrogens with one attached hydrogen (secondary N) is 1. The second-order valence-corrected chi connectivity index (χ2v) is 9.77. The molecule has 1 amide bonds. The summed E-state index contributed by atoms with van der Waals surface area (Å²) in [6.07, 6.45) is 0. The molecule has 1 aromatic heterocycles. The second-order valence-electron chi connectivity index (χ2n) is 6.91. The number of thioether (sulfide) groups is 1. The van der Waals surface area contributed by atoms with Crippen LogP contribution in [0.15, 0.2) is 63.1 Å². The maximum atomic E-state index is 12.5. The Labute approximate surface area is 191 Å². The van der Waals surface area contributed by atoms with Crippen molar-refractivity contribution in [1.29, 1.82) is 0 Å². The van der Waals surface area contributed by atoms with E-state index in [1.807, 2.05) is 24.3 Å². The summed E-state index contributed by atoms with van der Waals surface area (Å²) < 4.78 is 28.7. The van der Waals surface area contributed by atoms with Gasteiger partial charge in [-0.05, 0) is 63.2 Å². The van der Waals surface area contributed by atoms with Crippen LogP contribution in [0.3, 0.4) is 0 Å². The molecular formula is C21H25N5O4S2. The molecule has 11 heteroatoms. The van der Waals surface area contributed by atoms with Crippen molar-refractivity contribution in [2.45, 2.75) is 36.1 Å². The molecular weight excluding hydrogens is 450 g/mol. The van der Waals surface area contributed by atoms with Gasteiger partial charge in [-0.3, -0.25) is 4.79 Å². The number of hydrogen-bond donors (Lipinski definition) is 2. The molecule has 0 saturated carbocycles. The van der Waals surface area contributed by atoms with Crippen LogP contribution in [0.25, 0.3) is 11.5 Å². The molecule has 0 spiro atoms. The molecule has 1 unspecified atom stereocenters. The molecule has 0 saturated heterocycles. The molecule has 1 heterocycles. The van der Waals surface area contributed by atoms with E-state index in [0.717, 1.165) is 36.1 Å². The Kier molecular flexibility index (Phi) is 7.54. The summed E-state index contributed by atoms with van der Waals surface area (Å²) in [7, 11) is -3.86. The first-order chi connectivity index (χ1) is 15.2. The lowest BCUT2D eigenvalue weighted by Crippen LogP contribution is -2.22. The molecule has 0 aliphatic rings. The van der Waals surface area contributed by atoms with E-state index in [4.69, 9.17) is 9.56 Å². The fraction of sp³-hybridized carbons (Fsp3) is 0.286. The summed E-state index contributed by atoms with van der Waals surface area (Å²) in [5.41, 5.74) is 2.23. The van der Waals surface area contributed by atoms with Gasteiger partial charge < -0.3 is 14.6 Å². The SMILES string of the molecule is CCN(CC)c1ccc(-c2nnc(SC(C)C(=O)Nc3cccc(S(N)(=O)=O)c3)o2)cc1. The smallest absolute Gasteiger partial charge is 0.277 e. The number of carbonyl (C=O) groups is 1. The molecule has 3 rings (SSSR count). The lowest BCUT2D eigenvalue weighted by Gasteiger charge is -2.20. The minimum absolute atomic E-state index is 0.0795. The summed E-state index contributed by atoms with van der Waals surface area (Å²) in [5.74, 6) is 0.0250. The number of aromatic nitrogens is 2. The van der Waals surface area contributed by atoms with E-state index >= 15 is 0 Å². The summed E-state index contributed by atoms with van der Waals surface area (Å²) in [5, 5.41) is 15.6. The first-order valence-corrected chi connectivity index (χ1v) is 12.4. The average molecular weight is 476 g/mol. The molecule has 9 nitrogen and oxygen atoms in total. The second kappa shape index (κ2) is 10.2. The largest absolute Gasteiger partial charge is 0.411 e. The Morgan fingerprint density at radius 1 is 1.16 bits per heavy atom. The Balaban J connectivity index is 1.64. The Bertz CT molecular complexity index is 1170. The zero-order chi connectivity index (χ0) is 23.3. The van der Waals surface area contributed by atoms with Crippen molar-refractivity contribution < 1.29 is 17.6 Å². The van der Waals surface area contributed by atoms with Gasteiger partial charge in [0, 0.05) is 30.0 Å². The van der Waals surface area contributed by atoms with Crippen LogP contribution in [-0.2, 0) is 14.8 Å². The highest BCUT2D eigenvalue weighted by molar-refractivity contribution is 8.00. The van der Waals surface area contributed by atoms with Gasteiger partial charge in [-0.1, -0.05) is 17.8 Å². The van der Waals surface area contributed by atoms with Crippen molar-refractivity contribution in [2.24, 2.45) is 5.14 Å². The van der Waals surface area contributed by atoms with E-state index in [2.05, 4.69) is 34.3 Å². The molecule has 170 valence electrons. The van der Waals surface area contributed by atoms with Crippen molar-refractivity contribution in [2.75, 3.05) is 23.3 Å². The molecule has 0 fully saturated rings. The highest BCUT2D eigenvalue weighted by Gasteiger charge is 2.20. The first kappa shape index (κ1) is 23.8. The molecule has 2 aromatic carbocycles. The van der Waals surface area contributed by atoms with E-state index in [9.17, 15) is 13.2 Å². The number of carbonyl (C=O) groups excluding carboxylic acids is 1. The van der Waals surface area contributed by atoms with Crippen LogP contribution in [0, 0.1) is 0 Å². The maximum Gasteiger partial charge on any atom is 0.277 e. The summed E-state index contributed by atoms with van der Waals surface area (Å²) in [4.78, 5) is 14.7. The van der Waals surface area contributed by atoms with Gasteiger partial charge in [0.25, 0.3) is 5.22 Å². The Hall–Kier alpha value is -2.89. The minimum atomic E-state index is -3.86. The standard InChI is InChI=1S/C21H25N5O4S2/c1-4-26(5-2)17-11-9-15(10-12-17)20-24-25-21(30-20)31-14(3)19(27)23-16-7-6-8-18(13-16)32(22,28)29/h6-14H,4-5H2,1-3H3,(H,23,27)(H2,22,28,29). The van der Waals surface area contributed by atoms with Gasteiger partial charge in [0.05, 0.1) is 10.1 Å². The van der Waals surface area contributed by atoms with Gasteiger partial charge in [0.15, 0.2) is 0 Å². The van der Waals surface area contributed by atoms with E-state index < -0.39 is 15.3 Å². The van der Waals surface area contributed by atoms with E-state index in [1.165, 1.54) is 18.2 Å². The number of anilines is 2. The van der Waals surface area contributed by atoms with Crippen molar-refractivity contribution in [3.05, 3.63) is 48.5 Å². The predicted molar refractivity (Wildman–Crippen MR) is 125 cm³/mol. The summed E-state index contributed by atoms with van der Waals surface area (Å²) in [6, 6.07) is 13.6. The van der Waals surface area contributed by atoms with Crippen LogP contribution < -0.4 is 15.4 Å². The fourth-order valence-electron chi connectivity index (χ4n) is 2.98. The van der Waals surface area contributed by atoms with Crippen LogP contribution in [0.5, 0.6) is 0 Å². The molecule has 0 aliphatic carbocycles. The van der Waals surface area contributed by atoms with Crippen LogP contribution in [0.1, 0.15) is 20.8 Å². The number of nitrogens with zero attached hydrogens (tertiary/aromatic N) is 3. The number of nitrogens with two attached hydrogens (primary N) is 1. The molecule has 0 radical (unpaired) electrons. The number of benzene rings is 2. The molecule has 0 aliphatic heterocycles. The number of rotatable bonds is 9. The van der Waals surface area contributed by atoms with E-state index in [-0.39, 0.29) is 16.0 Å². The third-order valence-corrected chi connectivity index (χ3v) is 6.57. The number of amides is 1. The number of hydrogen-bond acceptors (Lipinski definition) is 8. The predicted octanol–water partition coefficient (Wildman–Crippen LogP) is 3.35. The molecule has 3 N–H and O–H groups in total. The first-order valence-electron chi connectivity index (χ1n) is 10.0. The fourth-order valence-corrected chi connectivity index (χ4v) is 4.22. The van der Waals surface area contributed by atoms with Crippen LogP contribution in [0.2, 0.25) is 0 Å². The number of primary sulfonamides is 1. The third kappa shape index (κ3) is 5.87. The molecule has 0 bridgehead atoms. The molecule has 3 aromatic rings. The zero-order valence-electron chi connectivity index (χ0n) is 18.0. The number of sulfonamides is 1. The Morgan fingerprint density at radius 3 is 2.47 bits per heavy atom. The van der Waals surface area contributed by atoms with E-state index in [1.54, 1.807) is 13.0 Å². The Morgan fingerprint density at radius 2 is 1.84 bits per heavy atom. The summed E-state index contributed by atoms with van der Waals surface area (Å²) >= 11 is 1.11. The van der Waals surface area contributed by atoms with Crippen LogP contribution in [0.4, 0.5) is 11.4 Å². The van der Waals surface area contributed by atoms with Gasteiger partial charge in [-0.25, -0.2) is 13.6 Å². The third-order valence-electron chi connectivity index (χ3n) is 4.73. The van der Waals surface area contributed by atoms with Gasteiger partial charge in [0.2, 0.25) is 21.8 Å². The van der Waals surface area contributed by atoms with Gasteiger partial charge in [0.1, 0.15) is 0 Å². The van der Waals surface area contributed by atoms with Gasteiger partial charge in [-0.2, -0.15) is 0 Å². The van der Waals surface area contributed by atoms with Gasteiger partial charge >= 0.3 is 0 Å².